The zero-order valence-electron chi connectivity index (χ0n) is 13.8. The Labute approximate surface area is 123 Å². The van der Waals surface area contributed by atoms with Gasteiger partial charge >= 0.3 is 0 Å². The Bertz CT molecular complexity index is 178. The van der Waals surface area contributed by atoms with Crippen LogP contribution in [0.2, 0.25) is 0 Å². The predicted molar refractivity (Wildman–Crippen MR) is 89.4 cm³/mol. The summed E-state index contributed by atoms with van der Waals surface area (Å²) in [7, 11) is 0. The number of rotatable bonds is 14. The highest BCUT2D eigenvalue weighted by Gasteiger charge is 1.93. The molecule has 0 spiro atoms. The quantitative estimate of drug-likeness (QED) is 0.232. The molecule has 1 radical (unpaired) electrons. The number of allylic oxidation sites excluding steroid dienone is 2. The Morgan fingerprint density at radius 1 is 0.632 bits per heavy atom. The van der Waals surface area contributed by atoms with Gasteiger partial charge in [0, 0.05) is 0 Å². The second kappa shape index (κ2) is 15.8. The summed E-state index contributed by atoms with van der Waals surface area (Å²) >= 11 is 0. The fourth-order valence-corrected chi connectivity index (χ4v) is 2.37. The summed E-state index contributed by atoms with van der Waals surface area (Å²) in [6.07, 6.45) is 23.7. The molecular formula is C19H37. The van der Waals surface area contributed by atoms with Crippen LogP contribution in [0.25, 0.3) is 0 Å². The van der Waals surface area contributed by atoms with E-state index < -0.39 is 0 Å². The molecule has 0 amide bonds. The lowest BCUT2D eigenvalue weighted by atomic mass is 10.0. The van der Waals surface area contributed by atoms with Gasteiger partial charge in [-0.1, -0.05) is 84.3 Å². The summed E-state index contributed by atoms with van der Waals surface area (Å²) in [4.78, 5) is 0. The lowest BCUT2D eigenvalue weighted by molar-refractivity contribution is 0.528. The van der Waals surface area contributed by atoms with Crippen LogP contribution in [0.1, 0.15) is 97.8 Å². The maximum absolute atomic E-state index is 2.41. The molecule has 0 aliphatic carbocycles. The molecule has 19 heavy (non-hydrogen) atoms. The average molecular weight is 266 g/mol. The van der Waals surface area contributed by atoms with Crippen LogP contribution in [0, 0.1) is 12.3 Å². The molecule has 0 unspecified atom stereocenters. The van der Waals surface area contributed by atoms with E-state index in [1.165, 1.54) is 77.0 Å². The molecule has 0 heteroatoms. The Hall–Kier alpha value is -0.260. The normalized spacial score (nSPS) is 11.8. The summed E-state index contributed by atoms with van der Waals surface area (Å²) < 4.78 is 0. The summed E-state index contributed by atoms with van der Waals surface area (Å²) in [5.41, 5.74) is 0. The fraction of sp³-hybridized carbons (Fsp3) is 0.842. The Balaban J connectivity index is 3.05. The first kappa shape index (κ1) is 18.7. The minimum atomic E-state index is 0.880. The highest BCUT2D eigenvalue weighted by atomic mass is 14.0. The molecule has 0 aliphatic heterocycles. The van der Waals surface area contributed by atoms with Gasteiger partial charge in [0.2, 0.25) is 0 Å². The second-order valence-corrected chi connectivity index (χ2v) is 6.26. The fourth-order valence-electron chi connectivity index (χ4n) is 2.37. The van der Waals surface area contributed by atoms with Crippen molar-refractivity contribution in [3.05, 3.63) is 18.6 Å². The molecule has 0 rings (SSSR count). The third kappa shape index (κ3) is 17.7. The van der Waals surface area contributed by atoms with Crippen molar-refractivity contribution in [2.75, 3.05) is 0 Å². The molecule has 113 valence electrons. The van der Waals surface area contributed by atoms with Crippen molar-refractivity contribution in [1.29, 1.82) is 0 Å². The van der Waals surface area contributed by atoms with E-state index in [0.29, 0.717) is 0 Å². The molecule has 0 bridgehead atoms. The van der Waals surface area contributed by atoms with Crippen molar-refractivity contribution in [3.8, 4) is 0 Å². The smallest absolute Gasteiger partial charge is 0.0351 e. The molecular weight excluding hydrogens is 228 g/mol. The largest absolute Gasteiger partial charge is 0.0885 e. The minimum absolute atomic E-state index is 0.880. The van der Waals surface area contributed by atoms with Crippen molar-refractivity contribution < 1.29 is 0 Å². The lowest BCUT2D eigenvalue weighted by Crippen LogP contribution is -1.86. The van der Waals surface area contributed by atoms with E-state index in [-0.39, 0.29) is 0 Å². The number of hydrogen-bond donors (Lipinski definition) is 0. The van der Waals surface area contributed by atoms with Crippen LogP contribution in [0.5, 0.6) is 0 Å². The SMILES string of the molecule is C[CH]CCCCCCC/C=C\CCCCCC(C)C. The van der Waals surface area contributed by atoms with Gasteiger partial charge < -0.3 is 0 Å². The first-order valence-electron chi connectivity index (χ1n) is 8.70. The first-order valence-corrected chi connectivity index (χ1v) is 8.70. The highest BCUT2D eigenvalue weighted by Crippen LogP contribution is 2.11. The maximum atomic E-state index is 2.41. The molecule has 0 aromatic rings. The van der Waals surface area contributed by atoms with Crippen molar-refractivity contribution in [1.82, 2.24) is 0 Å². The minimum Gasteiger partial charge on any atom is -0.0885 e. The van der Waals surface area contributed by atoms with E-state index in [9.17, 15) is 0 Å². The average Bonchev–Trinajstić information content (AvgIpc) is 2.39. The first-order chi connectivity index (χ1) is 9.27. The van der Waals surface area contributed by atoms with Crippen molar-refractivity contribution in [2.24, 2.45) is 5.92 Å². The van der Waals surface area contributed by atoms with Crippen LogP contribution < -0.4 is 0 Å². The topological polar surface area (TPSA) is 0 Å². The van der Waals surface area contributed by atoms with E-state index in [4.69, 9.17) is 0 Å². The summed E-state index contributed by atoms with van der Waals surface area (Å²) in [5, 5.41) is 0. The Kier molecular flexibility index (Phi) is 15.6. The van der Waals surface area contributed by atoms with Gasteiger partial charge in [0.25, 0.3) is 0 Å². The van der Waals surface area contributed by atoms with Gasteiger partial charge in [-0.25, -0.2) is 0 Å². The third-order valence-corrected chi connectivity index (χ3v) is 3.68. The van der Waals surface area contributed by atoms with Crippen molar-refractivity contribution >= 4 is 0 Å². The second-order valence-electron chi connectivity index (χ2n) is 6.26. The van der Waals surface area contributed by atoms with Gasteiger partial charge in [0.05, 0.1) is 0 Å². The van der Waals surface area contributed by atoms with E-state index in [0.717, 1.165) is 5.92 Å². The molecule has 0 heterocycles. The third-order valence-electron chi connectivity index (χ3n) is 3.68. The van der Waals surface area contributed by atoms with E-state index in [1.807, 2.05) is 0 Å². The molecule has 0 aromatic heterocycles. The van der Waals surface area contributed by atoms with E-state index in [2.05, 4.69) is 39.3 Å². The van der Waals surface area contributed by atoms with Gasteiger partial charge in [0.15, 0.2) is 0 Å². The molecule has 0 fully saturated rings. The molecule has 0 saturated carbocycles. The van der Waals surface area contributed by atoms with Gasteiger partial charge in [0.1, 0.15) is 0 Å². The summed E-state index contributed by atoms with van der Waals surface area (Å²) in [6.45, 7) is 6.80. The van der Waals surface area contributed by atoms with Gasteiger partial charge in [-0.2, -0.15) is 0 Å². The maximum Gasteiger partial charge on any atom is -0.0351 e. The van der Waals surface area contributed by atoms with E-state index >= 15 is 0 Å². The van der Waals surface area contributed by atoms with Gasteiger partial charge in [-0.15, -0.1) is 0 Å². The van der Waals surface area contributed by atoms with Crippen LogP contribution in [0.4, 0.5) is 0 Å². The van der Waals surface area contributed by atoms with E-state index in [1.54, 1.807) is 0 Å². The summed E-state index contributed by atoms with van der Waals surface area (Å²) in [5.74, 6) is 0.880. The zero-order valence-corrected chi connectivity index (χ0v) is 13.8. The standard InChI is InChI=1S/C19H37/c1-4-5-6-7-8-9-10-11-12-13-14-15-16-17-18-19(2)3/h4,12-13,19H,5-11,14-18H2,1-3H3/b13-12-. The predicted octanol–water partition coefficient (Wildman–Crippen LogP) is 7.10. The number of unbranched alkanes of at least 4 members (excludes halogenated alkanes) is 10. The van der Waals surface area contributed by atoms with Gasteiger partial charge in [-0.3, -0.25) is 0 Å². The molecule has 0 aliphatic rings. The van der Waals surface area contributed by atoms with Crippen molar-refractivity contribution in [3.63, 3.8) is 0 Å². The zero-order chi connectivity index (χ0) is 14.2. The molecule has 0 aromatic carbocycles. The molecule has 0 N–H and O–H groups in total. The molecule has 0 nitrogen and oxygen atoms in total. The van der Waals surface area contributed by atoms with Crippen molar-refractivity contribution in [2.45, 2.75) is 97.8 Å². The lowest BCUT2D eigenvalue weighted by Gasteiger charge is -2.02. The van der Waals surface area contributed by atoms with Crippen LogP contribution in [0.15, 0.2) is 12.2 Å². The van der Waals surface area contributed by atoms with Crippen LogP contribution in [-0.2, 0) is 0 Å². The monoisotopic (exact) mass is 265 g/mol. The van der Waals surface area contributed by atoms with Crippen LogP contribution >= 0.6 is 0 Å². The van der Waals surface area contributed by atoms with Gasteiger partial charge in [-0.05, 0) is 38.0 Å². The highest BCUT2D eigenvalue weighted by molar-refractivity contribution is 4.81. The Morgan fingerprint density at radius 3 is 1.63 bits per heavy atom. The Morgan fingerprint density at radius 2 is 1.11 bits per heavy atom. The molecule has 0 atom stereocenters. The number of hydrogen-bond acceptors (Lipinski definition) is 0. The summed E-state index contributed by atoms with van der Waals surface area (Å²) in [6, 6.07) is 0. The van der Waals surface area contributed by atoms with Crippen LogP contribution in [0.3, 0.4) is 0 Å². The molecule has 0 saturated heterocycles. The van der Waals surface area contributed by atoms with Crippen LogP contribution in [-0.4, -0.2) is 0 Å².